The van der Waals surface area contributed by atoms with Crippen LogP contribution in [0, 0.1) is 5.41 Å². The van der Waals surface area contributed by atoms with Gasteiger partial charge in [-0.25, -0.2) is 0 Å². The molecule has 0 fully saturated rings. The van der Waals surface area contributed by atoms with Crippen LogP contribution < -0.4 is 0 Å². The average Bonchev–Trinajstić information content (AvgIpc) is 2.33. The Hall–Kier alpha value is -0.340. The van der Waals surface area contributed by atoms with E-state index in [1.807, 2.05) is 13.8 Å². The van der Waals surface area contributed by atoms with Gasteiger partial charge in [0, 0.05) is 12.0 Å². The number of hydrogen-bond donors (Lipinski definition) is 2. The Labute approximate surface area is 113 Å². The van der Waals surface area contributed by atoms with E-state index in [1.54, 1.807) is 0 Å². The molecule has 0 unspecified atom stereocenters. The van der Waals surface area contributed by atoms with Gasteiger partial charge in [-0.2, -0.15) is 0 Å². The van der Waals surface area contributed by atoms with Gasteiger partial charge in [-0.3, -0.25) is 0 Å². The number of aliphatic hydroxyl groups excluding tert-OH is 2. The van der Waals surface area contributed by atoms with E-state index in [1.165, 1.54) is 32.1 Å². The topological polar surface area (TPSA) is 40.5 Å². The van der Waals surface area contributed by atoms with Crippen LogP contribution in [0.1, 0.15) is 72.1 Å². The van der Waals surface area contributed by atoms with E-state index >= 15 is 0 Å². The summed E-state index contributed by atoms with van der Waals surface area (Å²) in [5, 5.41) is 19.4. The lowest BCUT2D eigenvalue weighted by Gasteiger charge is -2.35. The van der Waals surface area contributed by atoms with Gasteiger partial charge >= 0.3 is 0 Å². The van der Waals surface area contributed by atoms with E-state index in [9.17, 15) is 5.11 Å². The van der Waals surface area contributed by atoms with E-state index in [0.29, 0.717) is 6.42 Å². The van der Waals surface area contributed by atoms with Crippen LogP contribution in [0.5, 0.6) is 0 Å². The second kappa shape index (κ2) is 9.57. The highest BCUT2D eigenvalue weighted by molar-refractivity contribution is 5.08. The highest BCUT2D eigenvalue weighted by Crippen LogP contribution is 2.35. The summed E-state index contributed by atoms with van der Waals surface area (Å²) in [5.74, 6) is 0. The van der Waals surface area contributed by atoms with Gasteiger partial charge in [0.1, 0.15) is 0 Å². The molecule has 2 nitrogen and oxygen atoms in total. The second-order valence-corrected chi connectivity index (χ2v) is 5.74. The van der Waals surface area contributed by atoms with Crippen molar-refractivity contribution in [3.63, 3.8) is 0 Å². The molecule has 0 amide bonds. The molecule has 2 N–H and O–H groups in total. The molecule has 0 aliphatic carbocycles. The van der Waals surface area contributed by atoms with Gasteiger partial charge in [0.15, 0.2) is 0 Å². The lowest BCUT2D eigenvalue weighted by molar-refractivity contribution is 0.0357. The Morgan fingerprint density at radius 1 is 1.17 bits per heavy atom. The smallest absolute Gasteiger partial charge is 0.0631 e. The number of hydrogen-bond acceptors (Lipinski definition) is 2. The van der Waals surface area contributed by atoms with Crippen molar-refractivity contribution in [2.24, 2.45) is 5.41 Å². The zero-order chi connectivity index (χ0) is 14.0. The Kier molecular flexibility index (Phi) is 9.39. The maximum atomic E-state index is 10.3. The normalized spacial score (nSPS) is 16.3. The van der Waals surface area contributed by atoms with Gasteiger partial charge in [0.2, 0.25) is 0 Å². The molecular formula is C16H32O2. The molecule has 108 valence electrons. The molecule has 0 aliphatic heterocycles. The van der Waals surface area contributed by atoms with Crippen molar-refractivity contribution in [1.82, 2.24) is 0 Å². The fourth-order valence-corrected chi connectivity index (χ4v) is 2.33. The first-order valence-corrected chi connectivity index (χ1v) is 7.44. The standard InChI is InChI=1S/C16H32O2/c1-5-6-7-8-9-10-11-15(18)16(4,12-13-17)14(2)3/h15,17-18H,2,5-13H2,1,3-4H3/t15-,16-/m1/s1. The van der Waals surface area contributed by atoms with Crippen LogP contribution >= 0.6 is 0 Å². The summed E-state index contributed by atoms with van der Waals surface area (Å²) < 4.78 is 0. The van der Waals surface area contributed by atoms with E-state index in [2.05, 4.69) is 13.5 Å². The van der Waals surface area contributed by atoms with E-state index in [-0.39, 0.29) is 18.1 Å². The van der Waals surface area contributed by atoms with E-state index < -0.39 is 0 Å². The summed E-state index contributed by atoms with van der Waals surface area (Å²) in [4.78, 5) is 0. The van der Waals surface area contributed by atoms with Crippen molar-refractivity contribution in [1.29, 1.82) is 0 Å². The first-order chi connectivity index (χ1) is 8.49. The van der Waals surface area contributed by atoms with Gasteiger partial charge in [-0.15, -0.1) is 0 Å². The van der Waals surface area contributed by atoms with Crippen LogP contribution in [-0.2, 0) is 0 Å². The molecule has 0 aromatic carbocycles. The van der Waals surface area contributed by atoms with E-state index in [0.717, 1.165) is 18.4 Å². The summed E-state index contributed by atoms with van der Waals surface area (Å²) in [6.45, 7) is 10.2. The number of unbranched alkanes of at least 4 members (excludes halogenated alkanes) is 5. The van der Waals surface area contributed by atoms with Crippen molar-refractivity contribution in [3.05, 3.63) is 12.2 Å². The predicted molar refractivity (Wildman–Crippen MR) is 78.6 cm³/mol. The molecule has 0 aromatic rings. The molecule has 0 radical (unpaired) electrons. The van der Waals surface area contributed by atoms with Crippen molar-refractivity contribution < 1.29 is 10.2 Å². The van der Waals surface area contributed by atoms with Crippen LogP contribution in [0.25, 0.3) is 0 Å². The first-order valence-electron chi connectivity index (χ1n) is 7.44. The number of rotatable bonds is 11. The molecule has 0 spiro atoms. The minimum atomic E-state index is -0.381. The molecular weight excluding hydrogens is 224 g/mol. The van der Waals surface area contributed by atoms with Gasteiger partial charge in [-0.05, 0) is 19.8 Å². The molecule has 0 rings (SSSR count). The molecule has 18 heavy (non-hydrogen) atoms. The molecule has 0 saturated carbocycles. The zero-order valence-electron chi connectivity index (χ0n) is 12.5. The second-order valence-electron chi connectivity index (χ2n) is 5.74. The Balaban J connectivity index is 3.97. The SMILES string of the molecule is C=C(C)[C@@](C)(CCO)[C@H](O)CCCCCCCC. The molecule has 0 aliphatic rings. The third-order valence-electron chi connectivity index (χ3n) is 4.17. The predicted octanol–water partition coefficient (Wildman–Crippen LogP) is 4.06. The monoisotopic (exact) mass is 256 g/mol. The fraction of sp³-hybridized carbons (Fsp3) is 0.875. The summed E-state index contributed by atoms with van der Waals surface area (Å²) in [7, 11) is 0. The van der Waals surface area contributed by atoms with Crippen molar-refractivity contribution >= 4 is 0 Å². The van der Waals surface area contributed by atoms with Crippen molar-refractivity contribution in [2.75, 3.05) is 6.61 Å². The minimum Gasteiger partial charge on any atom is -0.396 e. The molecule has 0 aromatic heterocycles. The highest BCUT2D eigenvalue weighted by Gasteiger charge is 2.32. The van der Waals surface area contributed by atoms with Crippen molar-refractivity contribution in [2.45, 2.75) is 78.2 Å². The van der Waals surface area contributed by atoms with Gasteiger partial charge in [-0.1, -0.05) is 64.5 Å². The summed E-state index contributed by atoms with van der Waals surface area (Å²) >= 11 is 0. The fourth-order valence-electron chi connectivity index (χ4n) is 2.33. The number of aliphatic hydroxyl groups is 2. The maximum absolute atomic E-state index is 10.3. The van der Waals surface area contributed by atoms with Gasteiger partial charge in [0.05, 0.1) is 6.10 Å². The Morgan fingerprint density at radius 2 is 1.72 bits per heavy atom. The molecule has 2 atom stereocenters. The average molecular weight is 256 g/mol. The van der Waals surface area contributed by atoms with Crippen LogP contribution in [0.2, 0.25) is 0 Å². The van der Waals surface area contributed by atoms with Crippen LogP contribution in [-0.4, -0.2) is 22.9 Å². The lowest BCUT2D eigenvalue weighted by atomic mass is 9.74. The molecule has 0 bridgehead atoms. The summed E-state index contributed by atoms with van der Waals surface area (Å²) in [6.07, 6.45) is 8.46. The largest absolute Gasteiger partial charge is 0.396 e. The maximum Gasteiger partial charge on any atom is 0.0631 e. The van der Waals surface area contributed by atoms with E-state index in [4.69, 9.17) is 5.11 Å². The Morgan fingerprint density at radius 3 is 2.22 bits per heavy atom. The zero-order valence-corrected chi connectivity index (χ0v) is 12.5. The van der Waals surface area contributed by atoms with Gasteiger partial charge < -0.3 is 10.2 Å². The van der Waals surface area contributed by atoms with Crippen LogP contribution in [0.15, 0.2) is 12.2 Å². The molecule has 2 heteroatoms. The minimum absolute atomic E-state index is 0.108. The molecule has 0 heterocycles. The van der Waals surface area contributed by atoms with Gasteiger partial charge in [0.25, 0.3) is 0 Å². The third kappa shape index (κ3) is 6.01. The lowest BCUT2D eigenvalue weighted by Crippen LogP contribution is -2.34. The summed E-state index contributed by atoms with van der Waals surface area (Å²) in [5.41, 5.74) is 0.632. The quantitative estimate of drug-likeness (QED) is 0.432. The van der Waals surface area contributed by atoms with Crippen molar-refractivity contribution in [3.8, 4) is 0 Å². The highest BCUT2D eigenvalue weighted by atomic mass is 16.3. The Bertz CT molecular complexity index is 225. The van der Waals surface area contributed by atoms with Crippen LogP contribution in [0.4, 0.5) is 0 Å². The third-order valence-corrected chi connectivity index (χ3v) is 4.17. The first kappa shape index (κ1) is 17.7. The summed E-state index contributed by atoms with van der Waals surface area (Å²) in [6, 6.07) is 0. The molecule has 0 saturated heterocycles. The van der Waals surface area contributed by atoms with Crippen LogP contribution in [0.3, 0.4) is 0 Å².